The Hall–Kier alpha value is -0.0900. The molecule has 1 unspecified atom stereocenters. The molecule has 0 aromatic heterocycles. The molecule has 0 aromatic rings. The predicted molar refractivity (Wildman–Crippen MR) is 36.1 cm³/mol. The van der Waals surface area contributed by atoms with Gasteiger partial charge in [0.25, 0.3) is 0 Å². The number of nitrogens with zero attached hydrogens (tertiary/aromatic N) is 2. The smallest absolute Gasteiger partial charge is 0.106 e. The molecule has 0 N–H and O–H groups in total. The highest BCUT2D eigenvalue weighted by molar-refractivity contribution is 7.90. The molecule has 0 saturated carbocycles. The van der Waals surface area contributed by atoms with Gasteiger partial charge >= 0.3 is 0 Å². The molecule has 0 spiro atoms. The van der Waals surface area contributed by atoms with Crippen molar-refractivity contribution >= 4 is 9.92 Å². The van der Waals surface area contributed by atoms with Crippen molar-refractivity contribution in [1.82, 2.24) is 4.31 Å². The Morgan fingerprint density at radius 2 is 1.88 bits per heavy atom. The highest BCUT2D eigenvalue weighted by atomic mass is 32.2. The normalized spacial score (nSPS) is 18.1. The summed E-state index contributed by atoms with van der Waals surface area (Å²) >= 11 is 0. The SMILES string of the molecule is CN=S(C)(=O)N(C)C. The maximum Gasteiger partial charge on any atom is 0.106 e. The van der Waals surface area contributed by atoms with Crippen LogP contribution in [0.25, 0.3) is 0 Å². The van der Waals surface area contributed by atoms with Crippen molar-refractivity contribution in [3.63, 3.8) is 0 Å². The Labute approximate surface area is 51.0 Å². The molecule has 0 bridgehead atoms. The predicted octanol–water partition coefficient (Wildman–Crippen LogP) is 0.191. The lowest BCUT2D eigenvalue weighted by molar-refractivity contribution is 0.597. The molecule has 0 rings (SSSR count). The summed E-state index contributed by atoms with van der Waals surface area (Å²) in [7, 11) is 3.02. The maximum absolute atomic E-state index is 11.0. The molecule has 0 fully saturated rings. The van der Waals surface area contributed by atoms with Crippen LogP contribution in [-0.4, -0.2) is 35.9 Å². The van der Waals surface area contributed by atoms with E-state index in [4.69, 9.17) is 0 Å². The summed E-state index contributed by atoms with van der Waals surface area (Å²) < 4.78 is 16.3. The van der Waals surface area contributed by atoms with Gasteiger partial charge < -0.3 is 0 Å². The van der Waals surface area contributed by atoms with Gasteiger partial charge in [0, 0.05) is 27.4 Å². The fourth-order valence-electron chi connectivity index (χ4n) is 0.163. The molecule has 0 aliphatic rings. The van der Waals surface area contributed by atoms with Crippen molar-refractivity contribution in [3.05, 3.63) is 0 Å². The minimum atomic E-state index is -2.03. The highest BCUT2D eigenvalue weighted by Crippen LogP contribution is 1.90. The Morgan fingerprint density at radius 1 is 1.50 bits per heavy atom. The molecular formula is C4H12N2OS. The number of rotatable bonds is 1. The third kappa shape index (κ3) is 1.79. The molecule has 0 amide bonds. The Balaban J connectivity index is 4.42. The Kier molecular flexibility index (Phi) is 2.43. The Morgan fingerprint density at radius 3 is 1.88 bits per heavy atom. The first-order chi connectivity index (χ1) is 3.50. The summed E-state index contributed by atoms with van der Waals surface area (Å²) in [4.78, 5) is 0. The molecule has 0 heterocycles. The van der Waals surface area contributed by atoms with Crippen LogP contribution in [0.3, 0.4) is 0 Å². The maximum atomic E-state index is 11.0. The molecule has 50 valence electrons. The number of hydrogen-bond acceptors (Lipinski definition) is 2. The van der Waals surface area contributed by atoms with Crippen molar-refractivity contribution in [3.8, 4) is 0 Å². The van der Waals surface area contributed by atoms with E-state index in [1.807, 2.05) is 0 Å². The standard InChI is InChI=1S/C4H12N2OS/c1-5-8(4,7)6(2)3/h1-4H3. The molecule has 1 atom stereocenters. The second kappa shape index (κ2) is 2.46. The molecule has 0 aliphatic carbocycles. The van der Waals surface area contributed by atoms with E-state index >= 15 is 0 Å². The number of hydrogen-bond donors (Lipinski definition) is 0. The minimum Gasteiger partial charge on any atom is -0.234 e. The van der Waals surface area contributed by atoms with Crippen LogP contribution in [0.15, 0.2) is 4.36 Å². The molecule has 3 nitrogen and oxygen atoms in total. The molecule has 0 saturated heterocycles. The van der Waals surface area contributed by atoms with Crippen LogP contribution in [-0.2, 0) is 9.92 Å². The summed E-state index contributed by atoms with van der Waals surface area (Å²) in [5.41, 5.74) is 0. The second-order valence-corrected chi connectivity index (χ2v) is 4.38. The van der Waals surface area contributed by atoms with E-state index in [-0.39, 0.29) is 0 Å². The zero-order valence-electron chi connectivity index (χ0n) is 5.71. The van der Waals surface area contributed by atoms with E-state index in [9.17, 15) is 4.21 Å². The first-order valence-electron chi connectivity index (χ1n) is 2.28. The first-order valence-corrected chi connectivity index (χ1v) is 4.16. The van der Waals surface area contributed by atoms with Gasteiger partial charge in [-0.05, 0) is 0 Å². The van der Waals surface area contributed by atoms with E-state index < -0.39 is 9.92 Å². The lowest BCUT2D eigenvalue weighted by Crippen LogP contribution is -2.19. The van der Waals surface area contributed by atoms with E-state index in [2.05, 4.69) is 4.36 Å². The van der Waals surface area contributed by atoms with Gasteiger partial charge in [0.1, 0.15) is 9.92 Å². The van der Waals surface area contributed by atoms with Crippen molar-refractivity contribution in [1.29, 1.82) is 0 Å². The quantitative estimate of drug-likeness (QED) is 0.506. The lowest BCUT2D eigenvalue weighted by Gasteiger charge is -2.09. The zero-order valence-corrected chi connectivity index (χ0v) is 6.53. The monoisotopic (exact) mass is 136 g/mol. The largest absolute Gasteiger partial charge is 0.234 e. The molecule has 0 aromatic carbocycles. The average Bonchev–Trinajstić information content (AvgIpc) is 1.67. The van der Waals surface area contributed by atoms with Crippen molar-refractivity contribution < 1.29 is 4.21 Å². The second-order valence-electron chi connectivity index (χ2n) is 1.76. The molecule has 0 radical (unpaired) electrons. The van der Waals surface area contributed by atoms with Gasteiger partial charge in [-0.1, -0.05) is 0 Å². The fourth-order valence-corrected chi connectivity index (χ4v) is 0.490. The van der Waals surface area contributed by atoms with Crippen molar-refractivity contribution in [2.45, 2.75) is 0 Å². The van der Waals surface area contributed by atoms with Crippen molar-refractivity contribution in [2.75, 3.05) is 27.4 Å². The zero-order chi connectivity index (χ0) is 6.78. The summed E-state index contributed by atoms with van der Waals surface area (Å²) in [6, 6.07) is 0. The Bertz CT molecular complexity index is 167. The van der Waals surface area contributed by atoms with Crippen molar-refractivity contribution in [2.24, 2.45) is 4.36 Å². The minimum absolute atomic E-state index is 1.56. The summed E-state index contributed by atoms with van der Waals surface area (Å²) in [6.07, 6.45) is 1.60. The van der Waals surface area contributed by atoms with Crippen LogP contribution in [0.2, 0.25) is 0 Å². The van der Waals surface area contributed by atoms with Gasteiger partial charge in [0.15, 0.2) is 0 Å². The third-order valence-corrected chi connectivity index (χ3v) is 3.05. The van der Waals surface area contributed by atoms with Crippen LogP contribution in [0.1, 0.15) is 0 Å². The summed E-state index contributed by atoms with van der Waals surface area (Å²) in [5, 5.41) is 0. The summed E-state index contributed by atoms with van der Waals surface area (Å²) in [6.45, 7) is 0. The molecule has 4 heteroatoms. The molecular weight excluding hydrogens is 124 g/mol. The van der Waals surface area contributed by atoms with Crippen LogP contribution in [0.5, 0.6) is 0 Å². The molecule has 0 aliphatic heterocycles. The fraction of sp³-hybridized carbons (Fsp3) is 1.00. The van der Waals surface area contributed by atoms with E-state index in [0.717, 1.165) is 0 Å². The molecule has 8 heavy (non-hydrogen) atoms. The van der Waals surface area contributed by atoms with E-state index in [1.54, 1.807) is 31.7 Å². The highest BCUT2D eigenvalue weighted by Gasteiger charge is 1.98. The van der Waals surface area contributed by atoms with Crippen LogP contribution < -0.4 is 0 Å². The van der Waals surface area contributed by atoms with Gasteiger partial charge in [-0.2, -0.15) is 0 Å². The van der Waals surface area contributed by atoms with E-state index in [0.29, 0.717) is 0 Å². The van der Waals surface area contributed by atoms with Gasteiger partial charge in [0.2, 0.25) is 0 Å². The van der Waals surface area contributed by atoms with Gasteiger partial charge in [-0.3, -0.25) is 0 Å². The first kappa shape index (κ1) is 7.91. The third-order valence-electron chi connectivity index (χ3n) is 1.02. The topological polar surface area (TPSA) is 32.7 Å². The van der Waals surface area contributed by atoms with Gasteiger partial charge in [-0.25, -0.2) is 12.9 Å². The average molecular weight is 136 g/mol. The van der Waals surface area contributed by atoms with Crippen LogP contribution in [0.4, 0.5) is 0 Å². The van der Waals surface area contributed by atoms with Crippen LogP contribution in [0, 0.1) is 0 Å². The van der Waals surface area contributed by atoms with Crippen LogP contribution >= 0.6 is 0 Å². The van der Waals surface area contributed by atoms with Gasteiger partial charge in [-0.15, -0.1) is 0 Å². The lowest BCUT2D eigenvalue weighted by atomic mass is 11.3. The summed E-state index contributed by atoms with van der Waals surface area (Å²) in [5.74, 6) is 0. The van der Waals surface area contributed by atoms with Gasteiger partial charge in [0.05, 0.1) is 0 Å². The van der Waals surface area contributed by atoms with E-state index in [1.165, 1.54) is 0 Å².